The molecule has 0 amide bonds. The van der Waals surface area contributed by atoms with Gasteiger partial charge in [-0.15, -0.1) is 0 Å². The zero-order chi connectivity index (χ0) is 14.8. The summed E-state index contributed by atoms with van der Waals surface area (Å²) in [6, 6.07) is 18.7. The van der Waals surface area contributed by atoms with Gasteiger partial charge in [0.1, 0.15) is 5.75 Å². The SMILES string of the molecule is COc1ccc(C(=O)c2ccc3ccccc3c2)c(Cl)c1. The van der Waals surface area contributed by atoms with Gasteiger partial charge in [-0.3, -0.25) is 4.79 Å². The van der Waals surface area contributed by atoms with E-state index in [9.17, 15) is 4.79 Å². The van der Waals surface area contributed by atoms with Gasteiger partial charge in [-0.1, -0.05) is 48.0 Å². The molecule has 3 aromatic carbocycles. The van der Waals surface area contributed by atoms with Crippen molar-refractivity contribution in [2.24, 2.45) is 0 Å². The first-order valence-electron chi connectivity index (χ1n) is 6.56. The number of ketones is 1. The molecule has 0 unspecified atom stereocenters. The van der Waals surface area contributed by atoms with Gasteiger partial charge in [-0.2, -0.15) is 0 Å². The Balaban J connectivity index is 2.03. The standard InChI is InChI=1S/C18H13ClO2/c1-21-15-8-9-16(17(19)11-15)18(20)14-7-6-12-4-2-3-5-13(12)10-14/h2-11H,1H3. The zero-order valence-electron chi connectivity index (χ0n) is 11.5. The van der Waals surface area contributed by atoms with E-state index in [-0.39, 0.29) is 5.78 Å². The molecular weight excluding hydrogens is 284 g/mol. The van der Waals surface area contributed by atoms with Crippen LogP contribution in [-0.2, 0) is 0 Å². The van der Waals surface area contributed by atoms with Crippen molar-refractivity contribution in [1.29, 1.82) is 0 Å². The average molecular weight is 297 g/mol. The van der Waals surface area contributed by atoms with Crippen molar-refractivity contribution in [3.05, 3.63) is 76.8 Å². The predicted octanol–water partition coefficient (Wildman–Crippen LogP) is 4.73. The molecule has 0 heterocycles. The van der Waals surface area contributed by atoms with E-state index in [0.29, 0.717) is 21.9 Å². The van der Waals surface area contributed by atoms with Crippen LogP contribution in [0.4, 0.5) is 0 Å². The number of methoxy groups -OCH3 is 1. The maximum Gasteiger partial charge on any atom is 0.194 e. The van der Waals surface area contributed by atoms with E-state index in [2.05, 4.69) is 0 Å². The van der Waals surface area contributed by atoms with Gasteiger partial charge >= 0.3 is 0 Å². The summed E-state index contributed by atoms with van der Waals surface area (Å²) in [4.78, 5) is 12.6. The van der Waals surface area contributed by atoms with Crippen molar-refractivity contribution >= 4 is 28.2 Å². The monoisotopic (exact) mass is 296 g/mol. The Morgan fingerprint density at radius 3 is 2.43 bits per heavy atom. The Morgan fingerprint density at radius 1 is 0.952 bits per heavy atom. The van der Waals surface area contributed by atoms with E-state index in [1.165, 1.54) is 0 Å². The summed E-state index contributed by atoms with van der Waals surface area (Å²) in [5.41, 5.74) is 1.11. The molecule has 3 aromatic rings. The first-order chi connectivity index (χ1) is 10.2. The number of hydrogen-bond acceptors (Lipinski definition) is 2. The summed E-state index contributed by atoms with van der Waals surface area (Å²) in [5.74, 6) is 0.545. The van der Waals surface area contributed by atoms with Crippen molar-refractivity contribution in [2.45, 2.75) is 0 Å². The molecule has 3 heteroatoms. The van der Waals surface area contributed by atoms with Gasteiger partial charge in [0, 0.05) is 11.1 Å². The molecule has 0 saturated carbocycles. The van der Waals surface area contributed by atoms with E-state index in [0.717, 1.165) is 10.8 Å². The molecule has 0 saturated heterocycles. The molecule has 0 radical (unpaired) electrons. The van der Waals surface area contributed by atoms with E-state index in [1.807, 2.05) is 42.5 Å². The predicted molar refractivity (Wildman–Crippen MR) is 85.4 cm³/mol. The maximum absolute atomic E-state index is 12.6. The van der Waals surface area contributed by atoms with Crippen LogP contribution in [0.15, 0.2) is 60.7 Å². The van der Waals surface area contributed by atoms with Crippen LogP contribution >= 0.6 is 11.6 Å². The molecule has 0 aliphatic rings. The second-order valence-electron chi connectivity index (χ2n) is 4.74. The lowest BCUT2D eigenvalue weighted by Crippen LogP contribution is -2.02. The highest BCUT2D eigenvalue weighted by atomic mass is 35.5. The average Bonchev–Trinajstić information content (AvgIpc) is 2.53. The first-order valence-corrected chi connectivity index (χ1v) is 6.94. The summed E-state index contributed by atoms with van der Waals surface area (Å²) in [5, 5.41) is 2.54. The molecule has 104 valence electrons. The number of fused-ring (bicyclic) bond motifs is 1. The van der Waals surface area contributed by atoms with Gasteiger partial charge in [0.2, 0.25) is 0 Å². The van der Waals surface area contributed by atoms with Crippen LogP contribution in [0.1, 0.15) is 15.9 Å². The quantitative estimate of drug-likeness (QED) is 0.653. The minimum Gasteiger partial charge on any atom is -0.497 e. The number of hydrogen-bond donors (Lipinski definition) is 0. The number of benzene rings is 3. The van der Waals surface area contributed by atoms with Crippen LogP contribution in [0.5, 0.6) is 5.75 Å². The van der Waals surface area contributed by atoms with Gasteiger partial charge in [-0.25, -0.2) is 0 Å². The van der Waals surface area contributed by atoms with Crippen molar-refractivity contribution in [3.63, 3.8) is 0 Å². The van der Waals surface area contributed by atoms with Crippen LogP contribution in [0, 0.1) is 0 Å². The molecule has 0 spiro atoms. The van der Waals surface area contributed by atoms with Crippen LogP contribution < -0.4 is 4.74 Å². The minimum atomic E-state index is -0.0894. The zero-order valence-corrected chi connectivity index (χ0v) is 12.2. The summed E-state index contributed by atoms with van der Waals surface area (Å²) in [6.45, 7) is 0. The van der Waals surface area contributed by atoms with Crippen LogP contribution in [-0.4, -0.2) is 12.9 Å². The van der Waals surface area contributed by atoms with E-state index < -0.39 is 0 Å². The Kier molecular flexibility index (Phi) is 3.63. The number of halogens is 1. The first kappa shape index (κ1) is 13.7. The molecule has 21 heavy (non-hydrogen) atoms. The van der Waals surface area contributed by atoms with E-state index in [1.54, 1.807) is 25.3 Å². The highest BCUT2D eigenvalue weighted by molar-refractivity contribution is 6.35. The van der Waals surface area contributed by atoms with E-state index in [4.69, 9.17) is 16.3 Å². The molecule has 0 aromatic heterocycles. The molecule has 2 nitrogen and oxygen atoms in total. The van der Waals surface area contributed by atoms with Gasteiger partial charge in [-0.05, 0) is 35.0 Å². The Hall–Kier alpha value is -2.32. The number of ether oxygens (including phenoxy) is 1. The van der Waals surface area contributed by atoms with E-state index >= 15 is 0 Å². The summed E-state index contributed by atoms with van der Waals surface area (Å²) < 4.78 is 5.10. The fourth-order valence-corrected chi connectivity index (χ4v) is 2.55. The topological polar surface area (TPSA) is 26.3 Å². The molecular formula is C18H13ClO2. The number of carbonyl (C=O) groups is 1. The minimum absolute atomic E-state index is 0.0894. The smallest absolute Gasteiger partial charge is 0.194 e. The van der Waals surface area contributed by atoms with Crippen LogP contribution in [0.3, 0.4) is 0 Å². The third-order valence-corrected chi connectivity index (χ3v) is 3.75. The summed E-state index contributed by atoms with van der Waals surface area (Å²) in [6.07, 6.45) is 0. The second kappa shape index (κ2) is 5.58. The van der Waals surface area contributed by atoms with Gasteiger partial charge in [0.15, 0.2) is 5.78 Å². The molecule has 0 bridgehead atoms. The third kappa shape index (κ3) is 2.63. The molecule has 0 fully saturated rings. The molecule has 0 atom stereocenters. The highest BCUT2D eigenvalue weighted by Gasteiger charge is 2.14. The highest BCUT2D eigenvalue weighted by Crippen LogP contribution is 2.25. The second-order valence-corrected chi connectivity index (χ2v) is 5.14. The van der Waals surface area contributed by atoms with Gasteiger partial charge in [0.05, 0.1) is 12.1 Å². The lowest BCUT2D eigenvalue weighted by Gasteiger charge is -2.07. The van der Waals surface area contributed by atoms with Crippen molar-refractivity contribution in [3.8, 4) is 5.75 Å². The summed E-state index contributed by atoms with van der Waals surface area (Å²) in [7, 11) is 1.57. The Morgan fingerprint density at radius 2 is 1.71 bits per heavy atom. The maximum atomic E-state index is 12.6. The lowest BCUT2D eigenvalue weighted by atomic mass is 10.00. The fraction of sp³-hybridized carbons (Fsp3) is 0.0556. The van der Waals surface area contributed by atoms with Crippen molar-refractivity contribution in [1.82, 2.24) is 0 Å². The van der Waals surface area contributed by atoms with Gasteiger partial charge < -0.3 is 4.74 Å². The number of rotatable bonds is 3. The van der Waals surface area contributed by atoms with Crippen molar-refractivity contribution in [2.75, 3.05) is 7.11 Å². The third-order valence-electron chi connectivity index (χ3n) is 3.43. The fourth-order valence-electron chi connectivity index (χ4n) is 2.29. The van der Waals surface area contributed by atoms with Crippen LogP contribution in [0.2, 0.25) is 5.02 Å². The molecule has 0 aliphatic heterocycles. The van der Waals surface area contributed by atoms with Gasteiger partial charge in [0.25, 0.3) is 0 Å². The van der Waals surface area contributed by atoms with Crippen molar-refractivity contribution < 1.29 is 9.53 Å². The lowest BCUT2D eigenvalue weighted by molar-refractivity contribution is 0.103. The molecule has 0 aliphatic carbocycles. The summed E-state index contributed by atoms with van der Waals surface area (Å²) >= 11 is 6.17. The Bertz CT molecular complexity index is 824. The largest absolute Gasteiger partial charge is 0.497 e. The van der Waals surface area contributed by atoms with Crippen LogP contribution in [0.25, 0.3) is 10.8 Å². The number of carbonyl (C=O) groups excluding carboxylic acids is 1. The molecule has 3 rings (SSSR count). The Labute approximate surface area is 127 Å². The molecule has 0 N–H and O–H groups in total. The normalized spacial score (nSPS) is 10.6.